The molecule has 4 heteroatoms. The molecule has 0 atom stereocenters. The fourth-order valence-electron chi connectivity index (χ4n) is 0.965. The molecule has 0 saturated heterocycles. The Morgan fingerprint density at radius 2 is 2.15 bits per heavy atom. The summed E-state index contributed by atoms with van der Waals surface area (Å²) in [6, 6.07) is 3.36. The molecule has 0 saturated carbocycles. The minimum atomic E-state index is -0.0980. The van der Waals surface area contributed by atoms with Gasteiger partial charge in [0, 0.05) is 19.2 Å². The number of carbonyl (C=O) groups is 2. The zero-order valence-corrected chi connectivity index (χ0v) is 10.5. The van der Waals surface area contributed by atoms with E-state index in [9.17, 15) is 9.59 Å². The largest absolute Gasteiger partial charge is 0.298 e. The van der Waals surface area contributed by atoms with Crippen LogP contribution in [0.25, 0.3) is 0 Å². The second-order valence-electron chi connectivity index (χ2n) is 2.53. The fraction of sp³-hybridized carbons (Fsp3) is 0.111. The van der Waals surface area contributed by atoms with Crippen LogP contribution in [0.1, 0.15) is 27.6 Å². The second-order valence-corrected chi connectivity index (χ2v) is 4.54. The summed E-state index contributed by atoms with van der Waals surface area (Å²) in [6.07, 6.45) is 0.700. The first-order valence-corrected chi connectivity index (χ1v) is 5.38. The summed E-state index contributed by atoms with van der Waals surface area (Å²) in [4.78, 5) is 21.7. The van der Waals surface area contributed by atoms with Crippen LogP contribution in [-0.2, 0) is 0 Å². The molecule has 0 aliphatic heterocycles. The lowest BCUT2D eigenvalue weighted by atomic mass is 10.1. The first-order valence-electron chi connectivity index (χ1n) is 3.51. The number of hydrogen-bond donors (Lipinski definition) is 0. The van der Waals surface area contributed by atoms with Gasteiger partial charge in [-0.25, -0.2) is 0 Å². The number of halogens is 2. The predicted molar refractivity (Wildman–Crippen MR) is 62.3 cm³/mol. The van der Waals surface area contributed by atoms with Crippen molar-refractivity contribution in [1.82, 2.24) is 0 Å². The maximum absolute atomic E-state index is 11.1. The summed E-state index contributed by atoms with van der Waals surface area (Å²) in [5.74, 6) is -0.0980. The summed E-state index contributed by atoms with van der Waals surface area (Å²) >= 11 is 5.40. The minimum absolute atomic E-state index is 0.0980. The second kappa shape index (κ2) is 4.32. The van der Waals surface area contributed by atoms with Gasteiger partial charge in [-0.1, -0.05) is 0 Å². The Bertz CT molecular complexity index is 374. The summed E-state index contributed by atoms with van der Waals surface area (Å²) in [5.41, 5.74) is 0.905. The van der Waals surface area contributed by atoms with Crippen LogP contribution < -0.4 is 0 Å². The van der Waals surface area contributed by atoms with Gasteiger partial charge >= 0.3 is 0 Å². The van der Waals surface area contributed by atoms with Gasteiger partial charge in [-0.2, -0.15) is 0 Å². The molecule has 0 bridgehead atoms. The van der Waals surface area contributed by atoms with E-state index < -0.39 is 0 Å². The van der Waals surface area contributed by atoms with Crippen LogP contribution >= 0.6 is 38.5 Å². The lowest BCUT2D eigenvalue weighted by Crippen LogP contribution is -1.99. The van der Waals surface area contributed by atoms with E-state index in [0.29, 0.717) is 17.4 Å². The van der Waals surface area contributed by atoms with E-state index in [1.165, 1.54) is 6.92 Å². The monoisotopic (exact) mass is 352 g/mol. The van der Waals surface area contributed by atoms with Gasteiger partial charge in [0.15, 0.2) is 12.1 Å². The van der Waals surface area contributed by atoms with Crippen LogP contribution in [0.4, 0.5) is 0 Å². The molecule has 0 aromatic heterocycles. The van der Waals surface area contributed by atoms with Crippen LogP contribution in [0.2, 0.25) is 0 Å². The fourth-order valence-corrected chi connectivity index (χ4v) is 1.80. The molecular weight excluding hydrogens is 347 g/mol. The van der Waals surface area contributed by atoms with Gasteiger partial charge in [-0.15, -0.1) is 0 Å². The van der Waals surface area contributed by atoms with E-state index in [2.05, 4.69) is 38.5 Å². The van der Waals surface area contributed by atoms with Crippen molar-refractivity contribution < 1.29 is 9.59 Å². The van der Waals surface area contributed by atoms with Crippen molar-refractivity contribution in [3.8, 4) is 0 Å². The molecule has 0 fully saturated rings. The molecule has 68 valence electrons. The minimum Gasteiger partial charge on any atom is -0.298 e. The summed E-state index contributed by atoms with van der Waals surface area (Å²) in [7, 11) is 0. The number of carbonyl (C=O) groups excluding carboxylic acids is 2. The SMILES string of the molecule is CC(=O)c1cc(Br)c(I)cc1C=O. The molecular formula is C9H6BrIO2. The molecule has 1 aromatic rings. The van der Waals surface area contributed by atoms with Crippen LogP contribution in [0.3, 0.4) is 0 Å². The molecule has 1 rings (SSSR count). The van der Waals surface area contributed by atoms with Gasteiger partial charge in [-0.3, -0.25) is 9.59 Å². The van der Waals surface area contributed by atoms with E-state index in [1.54, 1.807) is 12.1 Å². The highest BCUT2D eigenvalue weighted by Crippen LogP contribution is 2.23. The molecule has 0 aliphatic carbocycles. The number of hydrogen-bond acceptors (Lipinski definition) is 2. The van der Waals surface area contributed by atoms with E-state index in [-0.39, 0.29) is 5.78 Å². The molecule has 0 N–H and O–H groups in total. The molecule has 0 aliphatic rings. The third kappa shape index (κ3) is 2.37. The third-order valence-corrected chi connectivity index (χ3v) is 3.89. The van der Waals surface area contributed by atoms with Gasteiger partial charge in [-0.05, 0) is 57.6 Å². The highest BCUT2D eigenvalue weighted by atomic mass is 127. The molecule has 0 heterocycles. The topological polar surface area (TPSA) is 34.1 Å². The molecule has 0 amide bonds. The average molecular weight is 353 g/mol. The van der Waals surface area contributed by atoms with Gasteiger partial charge < -0.3 is 0 Å². The number of aldehydes is 1. The molecule has 0 unspecified atom stereocenters. The van der Waals surface area contributed by atoms with Crippen molar-refractivity contribution >= 4 is 50.6 Å². The van der Waals surface area contributed by atoms with Crippen LogP contribution in [0.15, 0.2) is 16.6 Å². The standard InChI is InChI=1S/C9H6BrIO2/c1-5(13)7-3-8(10)9(11)2-6(7)4-12/h2-4H,1H3. The van der Waals surface area contributed by atoms with Gasteiger partial charge in [0.2, 0.25) is 0 Å². The van der Waals surface area contributed by atoms with E-state index in [4.69, 9.17) is 0 Å². The van der Waals surface area contributed by atoms with E-state index in [0.717, 1.165) is 8.04 Å². The Kier molecular flexibility index (Phi) is 3.61. The molecule has 0 spiro atoms. The van der Waals surface area contributed by atoms with Crippen LogP contribution in [0.5, 0.6) is 0 Å². The van der Waals surface area contributed by atoms with E-state index >= 15 is 0 Å². The van der Waals surface area contributed by atoms with Crippen molar-refractivity contribution in [3.63, 3.8) is 0 Å². The first kappa shape index (κ1) is 10.8. The van der Waals surface area contributed by atoms with Gasteiger partial charge in [0.1, 0.15) is 0 Å². The number of ketones is 1. The Morgan fingerprint density at radius 3 is 2.62 bits per heavy atom. The first-order chi connectivity index (χ1) is 6.06. The maximum Gasteiger partial charge on any atom is 0.160 e. The lowest BCUT2D eigenvalue weighted by Gasteiger charge is -2.03. The predicted octanol–water partition coefficient (Wildman–Crippen LogP) is 3.07. The molecule has 1 aromatic carbocycles. The van der Waals surface area contributed by atoms with Crippen molar-refractivity contribution in [2.75, 3.05) is 0 Å². The van der Waals surface area contributed by atoms with Crippen molar-refractivity contribution in [1.29, 1.82) is 0 Å². The summed E-state index contributed by atoms with van der Waals surface area (Å²) in [5, 5.41) is 0. The number of rotatable bonds is 2. The molecule has 13 heavy (non-hydrogen) atoms. The highest BCUT2D eigenvalue weighted by molar-refractivity contribution is 14.1. The number of Topliss-reactive ketones (excluding diaryl/α,β-unsaturated/α-hetero) is 1. The summed E-state index contributed by atoms with van der Waals surface area (Å²) < 4.78 is 1.76. The zero-order valence-electron chi connectivity index (χ0n) is 6.80. The molecule has 0 radical (unpaired) electrons. The van der Waals surface area contributed by atoms with Crippen molar-refractivity contribution in [2.45, 2.75) is 6.92 Å². The highest BCUT2D eigenvalue weighted by Gasteiger charge is 2.09. The van der Waals surface area contributed by atoms with Gasteiger partial charge in [0.25, 0.3) is 0 Å². The Balaban J connectivity index is 3.41. The van der Waals surface area contributed by atoms with Crippen molar-refractivity contribution in [3.05, 3.63) is 31.3 Å². The third-order valence-electron chi connectivity index (χ3n) is 1.60. The summed E-state index contributed by atoms with van der Waals surface area (Å²) in [6.45, 7) is 1.45. The quantitative estimate of drug-likeness (QED) is 0.465. The zero-order chi connectivity index (χ0) is 10.0. The van der Waals surface area contributed by atoms with Crippen molar-refractivity contribution in [2.24, 2.45) is 0 Å². The Labute approximate surface area is 98.0 Å². The average Bonchev–Trinajstić information content (AvgIpc) is 2.08. The maximum atomic E-state index is 11.1. The normalized spacial score (nSPS) is 9.77. The molecule has 2 nitrogen and oxygen atoms in total. The van der Waals surface area contributed by atoms with Crippen LogP contribution in [-0.4, -0.2) is 12.1 Å². The Hall–Kier alpha value is -0.230. The van der Waals surface area contributed by atoms with E-state index in [1.807, 2.05) is 0 Å². The Morgan fingerprint density at radius 1 is 1.54 bits per heavy atom. The van der Waals surface area contributed by atoms with Gasteiger partial charge in [0.05, 0.1) is 0 Å². The smallest absolute Gasteiger partial charge is 0.160 e. The number of benzene rings is 1. The van der Waals surface area contributed by atoms with Crippen LogP contribution in [0, 0.1) is 3.57 Å². The lowest BCUT2D eigenvalue weighted by molar-refractivity contribution is 0.100.